The Morgan fingerprint density at radius 3 is 2.81 bits per heavy atom. The van der Waals surface area contributed by atoms with Crippen LogP contribution >= 0.6 is 0 Å². The molecule has 0 unspecified atom stereocenters. The Hall–Kier alpha value is -2.90. The van der Waals surface area contributed by atoms with Crippen molar-refractivity contribution in [3.63, 3.8) is 0 Å². The molecule has 0 amide bonds. The highest BCUT2D eigenvalue weighted by Gasteiger charge is 2.45. The molecule has 27 heavy (non-hydrogen) atoms. The first-order valence-corrected chi connectivity index (χ1v) is 9.05. The number of aromatic nitrogens is 5. The zero-order valence-corrected chi connectivity index (χ0v) is 15.4. The fourth-order valence-corrected chi connectivity index (χ4v) is 3.81. The largest absolute Gasteiger partial charge is 0.319 e. The normalized spacial score (nSPS) is 22.4. The molecule has 0 spiro atoms. The first-order valence-electron chi connectivity index (χ1n) is 9.05. The van der Waals surface area contributed by atoms with Crippen molar-refractivity contribution in [2.45, 2.75) is 24.4 Å². The Morgan fingerprint density at radius 2 is 2.00 bits per heavy atom. The van der Waals surface area contributed by atoms with E-state index in [0.29, 0.717) is 11.9 Å². The third kappa shape index (κ3) is 2.58. The van der Waals surface area contributed by atoms with E-state index in [1.165, 1.54) is 0 Å². The van der Waals surface area contributed by atoms with Crippen LogP contribution in [0.2, 0.25) is 0 Å². The van der Waals surface area contributed by atoms with E-state index in [4.69, 9.17) is 10.8 Å². The third-order valence-corrected chi connectivity index (χ3v) is 5.56. The maximum Gasteiger partial charge on any atom is 0.169 e. The smallest absolute Gasteiger partial charge is 0.169 e. The third-order valence-electron chi connectivity index (χ3n) is 5.56. The van der Waals surface area contributed by atoms with E-state index in [2.05, 4.69) is 40.0 Å². The van der Waals surface area contributed by atoms with Gasteiger partial charge in [0, 0.05) is 41.1 Å². The van der Waals surface area contributed by atoms with Crippen LogP contribution in [0.3, 0.4) is 0 Å². The second-order valence-electron chi connectivity index (χ2n) is 7.60. The summed E-state index contributed by atoms with van der Waals surface area (Å²) < 4.78 is 1.86. The predicted octanol–water partition coefficient (Wildman–Crippen LogP) is 2.22. The summed E-state index contributed by atoms with van der Waals surface area (Å²) in [7, 11) is 4.17. The maximum absolute atomic E-state index is 6.54. The molecule has 7 heteroatoms. The van der Waals surface area contributed by atoms with Gasteiger partial charge in [-0.15, -0.1) is 0 Å². The average Bonchev–Trinajstić information content (AvgIpc) is 3.08. The quantitative estimate of drug-likeness (QED) is 0.604. The van der Waals surface area contributed by atoms with Crippen LogP contribution in [0.15, 0.2) is 49.1 Å². The Balaban J connectivity index is 1.52. The molecule has 0 saturated heterocycles. The molecule has 4 heterocycles. The molecule has 1 aliphatic rings. The molecule has 0 radical (unpaired) electrons. The van der Waals surface area contributed by atoms with Gasteiger partial charge < -0.3 is 10.6 Å². The molecule has 0 atom stereocenters. The summed E-state index contributed by atoms with van der Waals surface area (Å²) in [4.78, 5) is 15.6. The zero-order valence-electron chi connectivity index (χ0n) is 15.4. The van der Waals surface area contributed by atoms with Gasteiger partial charge in [-0.05, 0) is 51.2 Å². The lowest BCUT2D eigenvalue weighted by Gasteiger charge is -2.46. The average molecular weight is 359 g/mol. The van der Waals surface area contributed by atoms with Gasteiger partial charge in [0.2, 0.25) is 0 Å². The van der Waals surface area contributed by atoms with Crippen molar-refractivity contribution in [2.24, 2.45) is 5.73 Å². The lowest BCUT2D eigenvalue weighted by atomic mass is 9.72. The highest BCUT2D eigenvalue weighted by Crippen LogP contribution is 2.39. The van der Waals surface area contributed by atoms with Gasteiger partial charge in [0.25, 0.3) is 0 Å². The van der Waals surface area contributed by atoms with Crippen LogP contribution in [-0.2, 0) is 5.54 Å². The van der Waals surface area contributed by atoms with Crippen molar-refractivity contribution < 1.29 is 0 Å². The molecule has 1 aliphatic carbocycles. The first-order chi connectivity index (χ1) is 13.0. The van der Waals surface area contributed by atoms with E-state index in [-0.39, 0.29) is 0 Å². The summed E-state index contributed by atoms with van der Waals surface area (Å²) in [5.41, 5.74) is 9.85. The molecule has 1 saturated carbocycles. The number of nitrogens with zero attached hydrogens (tertiary/aromatic N) is 6. The van der Waals surface area contributed by atoms with E-state index in [0.717, 1.165) is 40.5 Å². The molecule has 0 bridgehead atoms. The minimum atomic E-state index is -0.441. The maximum atomic E-state index is 6.54. The molecule has 7 nitrogen and oxygen atoms in total. The molecule has 136 valence electrons. The van der Waals surface area contributed by atoms with Crippen LogP contribution in [0.5, 0.6) is 0 Å². The predicted molar refractivity (Wildman–Crippen MR) is 104 cm³/mol. The Morgan fingerprint density at radius 1 is 1.15 bits per heavy atom. The van der Waals surface area contributed by atoms with Gasteiger partial charge in [-0.1, -0.05) is 0 Å². The molecule has 5 rings (SSSR count). The SMILES string of the molecule is CN(C)C1CC(N)(c2ncc3c(-c4cnc5ncccc5c4)ccn3n2)C1. The number of pyridine rings is 2. The van der Waals surface area contributed by atoms with Crippen LogP contribution in [0.1, 0.15) is 18.7 Å². The van der Waals surface area contributed by atoms with Crippen LogP contribution in [0.4, 0.5) is 0 Å². The van der Waals surface area contributed by atoms with Crippen molar-refractivity contribution in [1.82, 2.24) is 29.5 Å². The minimum absolute atomic E-state index is 0.441. The highest BCUT2D eigenvalue weighted by molar-refractivity contribution is 5.86. The molecular weight excluding hydrogens is 338 g/mol. The van der Waals surface area contributed by atoms with Gasteiger partial charge in [-0.3, -0.25) is 0 Å². The second-order valence-corrected chi connectivity index (χ2v) is 7.60. The summed E-state index contributed by atoms with van der Waals surface area (Å²) in [6, 6.07) is 8.56. The van der Waals surface area contributed by atoms with Crippen molar-refractivity contribution in [3.05, 3.63) is 54.9 Å². The molecule has 0 aromatic carbocycles. The van der Waals surface area contributed by atoms with E-state index in [9.17, 15) is 0 Å². The van der Waals surface area contributed by atoms with Gasteiger partial charge in [0.05, 0.1) is 17.3 Å². The number of hydrogen-bond donors (Lipinski definition) is 1. The minimum Gasteiger partial charge on any atom is -0.319 e. The molecule has 0 aliphatic heterocycles. The van der Waals surface area contributed by atoms with E-state index in [1.54, 1.807) is 6.20 Å². The highest BCUT2D eigenvalue weighted by atomic mass is 15.3. The van der Waals surface area contributed by atoms with Crippen molar-refractivity contribution in [3.8, 4) is 11.1 Å². The second kappa shape index (κ2) is 5.80. The monoisotopic (exact) mass is 359 g/mol. The first kappa shape index (κ1) is 16.3. The van der Waals surface area contributed by atoms with Gasteiger partial charge in [-0.2, -0.15) is 5.10 Å². The molecule has 2 N–H and O–H groups in total. The van der Waals surface area contributed by atoms with Gasteiger partial charge >= 0.3 is 0 Å². The number of nitrogens with two attached hydrogens (primary N) is 1. The summed E-state index contributed by atoms with van der Waals surface area (Å²) in [6.45, 7) is 0. The number of hydrogen-bond acceptors (Lipinski definition) is 6. The van der Waals surface area contributed by atoms with Crippen LogP contribution < -0.4 is 5.73 Å². The Bertz CT molecular complexity index is 1140. The molecule has 4 aromatic heterocycles. The topological polar surface area (TPSA) is 85.2 Å². The molecule has 4 aromatic rings. The summed E-state index contributed by atoms with van der Waals surface area (Å²) in [5.74, 6) is 0.705. The number of fused-ring (bicyclic) bond motifs is 2. The van der Waals surface area contributed by atoms with Gasteiger partial charge in [0.1, 0.15) is 0 Å². The summed E-state index contributed by atoms with van der Waals surface area (Å²) in [6.07, 6.45) is 9.17. The lowest BCUT2D eigenvalue weighted by Crippen LogP contribution is -2.57. The molecular formula is C20H21N7. The lowest BCUT2D eigenvalue weighted by molar-refractivity contribution is 0.0865. The number of rotatable bonds is 3. The zero-order chi connectivity index (χ0) is 18.6. The van der Waals surface area contributed by atoms with E-state index in [1.807, 2.05) is 41.3 Å². The Labute approximate surface area is 156 Å². The van der Waals surface area contributed by atoms with Crippen molar-refractivity contribution >= 4 is 16.6 Å². The Kier molecular flexibility index (Phi) is 3.50. The van der Waals surface area contributed by atoms with E-state index < -0.39 is 5.54 Å². The summed E-state index contributed by atoms with van der Waals surface area (Å²) in [5, 5.41) is 5.71. The van der Waals surface area contributed by atoms with Crippen molar-refractivity contribution in [2.75, 3.05) is 14.1 Å². The van der Waals surface area contributed by atoms with Crippen LogP contribution in [0.25, 0.3) is 27.7 Å². The van der Waals surface area contributed by atoms with Gasteiger partial charge in [0.15, 0.2) is 11.5 Å². The van der Waals surface area contributed by atoms with Crippen molar-refractivity contribution in [1.29, 1.82) is 0 Å². The standard InChI is InChI=1S/C20H21N7/c1-26(2)15-9-20(21,10-15)19-24-12-17-16(5-7-27(17)25-19)14-8-13-4-3-6-22-18(13)23-11-14/h3-8,11-12,15H,9-10,21H2,1-2H3. The summed E-state index contributed by atoms with van der Waals surface area (Å²) >= 11 is 0. The van der Waals surface area contributed by atoms with Crippen LogP contribution in [0, 0.1) is 0 Å². The molecule has 1 fully saturated rings. The van der Waals surface area contributed by atoms with Crippen LogP contribution in [-0.4, -0.2) is 49.6 Å². The van der Waals surface area contributed by atoms with Gasteiger partial charge in [-0.25, -0.2) is 19.5 Å². The fraction of sp³-hybridized carbons (Fsp3) is 0.300. The van der Waals surface area contributed by atoms with E-state index >= 15 is 0 Å². The fourth-order valence-electron chi connectivity index (χ4n) is 3.81.